The van der Waals surface area contributed by atoms with Crippen LogP contribution in [0, 0.1) is 0 Å². The van der Waals surface area contributed by atoms with Crippen molar-refractivity contribution in [3.8, 4) is 5.75 Å². The van der Waals surface area contributed by atoms with E-state index in [0.29, 0.717) is 31.1 Å². The molecule has 3 aromatic carbocycles. The normalized spacial score (nSPS) is 12.0. The summed E-state index contributed by atoms with van der Waals surface area (Å²) in [6.07, 6.45) is 0.679. The lowest BCUT2D eigenvalue weighted by molar-refractivity contribution is 0.0950. The van der Waals surface area contributed by atoms with Crippen molar-refractivity contribution >= 4 is 39.8 Å². The minimum atomic E-state index is -3.87. The van der Waals surface area contributed by atoms with Crippen LogP contribution in [0.2, 0.25) is 5.02 Å². The smallest absolute Gasteiger partial charge is 0.255 e. The summed E-state index contributed by atoms with van der Waals surface area (Å²) in [5.74, 6) is -0.800. The molecule has 0 bridgehead atoms. The second kappa shape index (κ2) is 13.6. The van der Waals surface area contributed by atoms with Gasteiger partial charge in [-0.1, -0.05) is 42.8 Å². The second-order valence-electron chi connectivity index (χ2n) is 8.11. The van der Waals surface area contributed by atoms with Gasteiger partial charge >= 0.3 is 0 Å². The Kier molecular flexibility index (Phi) is 11.2. The Balaban J connectivity index is 0.00000456. The second-order valence-corrected chi connectivity index (χ2v) is 10.5. The van der Waals surface area contributed by atoms with Crippen LogP contribution in [0.25, 0.3) is 0 Å². The summed E-state index contributed by atoms with van der Waals surface area (Å²) < 4.78 is 26.2. The van der Waals surface area contributed by atoms with Gasteiger partial charge in [0.2, 0.25) is 9.84 Å². The van der Waals surface area contributed by atoms with Crippen LogP contribution in [0.5, 0.6) is 5.75 Å². The summed E-state index contributed by atoms with van der Waals surface area (Å²) in [5.41, 5.74) is 1.58. The van der Waals surface area contributed by atoms with E-state index in [1.54, 1.807) is 30.3 Å². The number of nitrogens with one attached hydrogen (secondary N) is 2. The van der Waals surface area contributed by atoms with Crippen molar-refractivity contribution in [2.75, 3.05) is 19.6 Å². The molecule has 1 amide bonds. The molecule has 194 valence electrons. The number of halogens is 2. The average Bonchev–Trinajstić information content (AvgIpc) is 2.85. The highest BCUT2D eigenvalue weighted by molar-refractivity contribution is 7.91. The monoisotopic (exact) mass is 552 g/mol. The number of rotatable bonds is 11. The Bertz CT molecular complexity index is 1270. The van der Waals surface area contributed by atoms with Gasteiger partial charge in [-0.25, -0.2) is 8.42 Å². The van der Waals surface area contributed by atoms with Crippen molar-refractivity contribution in [2.45, 2.75) is 35.7 Å². The zero-order valence-corrected chi connectivity index (χ0v) is 22.2. The highest BCUT2D eigenvalue weighted by Crippen LogP contribution is 2.26. The van der Waals surface area contributed by atoms with E-state index in [0.717, 1.165) is 17.5 Å². The van der Waals surface area contributed by atoms with Crippen molar-refractivity contribution in [1.29, 1.82) is 0 Å². The fourth-order valence-electron chi connectivity index (χ4n) is 3.47. The zero-order chi connectivity index (χ0) is 25.4. The summed E-state index contributed by atoms with van der Waals surface area (Å²) in [5, 5.41) is 26.7. The molecule has 0 aromatic heterocycles. The summed E-state index contributed by atoms with van der Waals surface area (Å²) in [6, 6.07) is 17.3. The number of hydrogen-bond donors (Lipinski definition) is 4. The molecule has 0 spiro atoms. The maximum absolute atomic E-state index is 13.1. The number of carbonyl (C=O) groups excluding carboxylic acids is 1. The standard InChI is InChI=1S/C26H29ClN2O5S.ClH/c1-2-13-29-26(32)23-16-22(10-11-24(23)30)35(33,34)21-8-6-18(7-9-21)12-14-28-17-25(31)19-4-3-5-20(27)15-19;/h3-11,15-16,25,28,30-31H,2,12-14,17H2,1H3,(H,29,32);1H/t25-;/m0./s1. The van der Waals surface area contributed by atoms with Crippen molar-refractivity contribution in [2.24, 2.45) is 0 Å². The average molecular weight is 554 g/mol. The van der Waals surface area contributed by atoms with Gasteiger partial charge in [-0.2, -0.15) is 0 Å². The summed E-state index contributed by atoms with van der Waals surface area (Å²) in [6.45, 7) is 3.27. The third-order valence-electron chi connectivity index (χ3n) is 5.45. The molecule has 0 aliphatic rings. The molecular weight excluding hydrogens is 523 g/mol. The first-order chi connectivity index (χ1) is 16.7. The van der Waals surface area contributed by atoms with Gasteiger partial charge in [-0.05, 0) is 73.0 Å². The third-order valence-corrected chi connectivity index (χ3v) is 7.46. The molecule has 0 aliphatic carbocycles. The highest BCUT2D eigenvalue weighted by atomic mass is 35.5. The van der Waals surface area contributed by atoms with Crippen LogP contribution < -0.4 is 10.6 Å². The molecule has 0 aliphatic heterocycles. The lowest BCUT2D eigenvalue weighted by Gasteiger charge is -2.13. The van der Waals surface area contributed by atoms with E-state index in [4.69, 9.17) is 11.6 Å². The van der Waals surface area contributed by atoms with Crippen LogP contribution in [0.4, 0.5) is 0 Å². The lowest BCUT2D eigenvalue weighted by atomic mass is 10.1. The molecule has 3 rings (SSSR count). The van der Waals surface area contributed by atoms with E-state index >= 15 is 0 Å². The van der Waals surface area contributed by atoms with Gasteiger partial charge in [0.05, 0.1) is 21.5 Å². The lowest BCUT2D eigenvalue weighted by Crippen LogP contribution is -2.24. The molecule has 7 nitrogen and oxygen atoms in total. The van der Waals surface area contributed by atoms with Crippen LogP contribution in [-0.2, 0) is 16.3 Å². The number of hydrogen-bond acceptors (Lipinski definition) is 6. The Labute approximate surface area is 222 Å². The first kappa shape index (κ1) is 29.6. The Morgan fingerprint density at radius 3 is 2.36 bits per heavy atom. The fraction of sp³-hybridized carbons (Fsp3) is 0.269. The van der Waals surface area contributed by atoms with Crippen molar-refractivity contribution in [3.63, 3.8) is 0 Å². The first-order valence-electron chi connectivity index (χ1n) is 11.3. The number of phenols is 1. The molecule has 1 atom stereocenters. The number of amides is 1. The minimum Gasteiger partial charge on any atom is -0.507 e. The Morgan fingerprint density at radius 1 is 1.00 bits per heavy atom. The third kappa shape index (κ3) is 7.69. The van der Waals surface area contributed by atoms with Gasteiger partial charge in [0.15, 0.2) is 0 Å². The predicted molar refractivity (Wildman–Crippen MR) is 143 cm³/mol. The molecule has 0 heterocycles. The molecule has 0 unspecified atom stereocenters. The SMILES string of the molecule is CCCNC(=O)c1cc(S(=O)(=O)c2ccc(CCNC[C@H](O)c3cccc(Cl)c3)cc2)ccc1O.Cl. The number of sulfone groups is 1. The Hall–Kier alpha value is -2.62. The van der Waals surface area contributed by atoms with E-state index in [2.05, 4.69) is 10.6 Å². The first-order valence-corrected chi connectivity index (χ1v) is 13.2. The molecule has 3 aromatic rings. The molecule has 0 radical (unpaired) electrons. The van der Waals surface area contributed by atoms with Crippen LogP contribution >= 0.6 is 24.0 Å². The quantitative estimate of drug-likeness (QED) is 0.263. The molecule has 0 saturated carbocycles. The predicted octanol–water partition coefficient (Wildman–Crippen LogP) is 4.31. The van der Waals surface area contributed by atoms with Gasteiger partial charge in [0.1, 0.15) is 5.75 Å². The van der Waals surface area contributed by atoms with Gasteiger partial charge in [-0.3, -0.25) is 4.79 Å². The molecular formula is C26H30Cl2N2O5S. The van der Waals surface area contributed by atoms with Gasteiger partial charge in [-0.15, -0.1) is 12.4 Å². The van der Waals surface area contributed by atoms with E-state index in [1.165, 1.54) is 30.3 Å². The van der Waals surface area contributed by atoms with Gasteiger partial charge in [0.25, 0.3) is 5.91 Å². The zero-order valence-electron chi connectivity index (χ0n) is 19.8. The summed E-state index contributed by atoms with van der Waals surface area (Å²) in [7, 11) is -3.87. The van der Waals surface area contributed by atoms with E-state index in [9.17, 15) is 23.4 Å². The largest absolute Gasteiger partial charge is 0.507 e. The fourth-order valence-corrected chi connectivity index (χ4v) is 4.96. The Morgan fingerprint density at radius 2 is 1.69 bits per heavy atom. The minimum absolute atomic E-state index is 0. The molecule has 0 saturated heterocycles. The topological polar surface area (TPSA) is 116 Å². The maximum Gasteiger partial charge on any atom is 0.255 e. The van der Waals surface area contributed by atoms with Crippen molar-refractivity contribution in [1.82, 2.24) is 10.6 Å². The number of aliphatic hydroxyl groups excluding tert-OH is 1. The number of aliphatic hydroxyl groups is 1. The summed E-state index contributed by atoms with van der Waals surface area (Å²) >= 11 is 5.96. The van der Waals surface area contributed by atoms with Crippen LogP contribution in [0.1, 0.15) is 40.9 Å². The van der Waals surface area contributed by atoms with E-state index in [-0.39, 0.29) is 33.5 Å². The maximum atomic E-state index is 13.1. The molecule has 4 N–H and O–H groups in total. The van der Waals surface area contributed by atoms with Gasteiger partial charge in [0, 0.05) is 18.1 Å². The van der Waals surface area contributed by atoms with Crippen molar-refractivity contribution < 1.29 is 23.4 Å². The number of benzene rings is 3. The van der Waals surface area contributed by atoms with E-state index < -0.39 is 21.8 Å². The number of phenolic OH excluding ortho intramolecular Hbond substituents is 1. The number of carbonyl (C=O) groups is 1. The van der Waals surface area contributed by atoms with Gasteiger partial charge < -0.3 is 20.8 Å². The van der Waals surface area contributed by atoms with E-state index in [1.807, 2.05) is 13.0 Å². The van der Waals surface area contributed by atoms with Crippen LogP contribution in [0.15, 0.2) is 76.5 Å². The summed E-state index contributed by atoms with van der Waals surface area (Å²) in [4.78, 5) is 12.3. The molecule has 0 fully saturated rings. The number of aromatic hydroxyl groups is 1. The molecule has 36 heavy (non-hydrogen) atoms. The molecule has 10 heteroatoms. The van der Waals surface area contributed by atoms with Crippen LogP contribution in [0.3, 0.4) is 0 Å². The van der Waals surface area contributed by atoms with Crippen molar-refractivity contribution in [3.05, 3.63) is 88.4 Å². The van der Waals surface area contributed by atoms with Crippen LogP contribution in [-0.4, -0.2) is 44.2 Å². The highest BCUT2D eigenvalue weighted by Gasteiger charge is 2.21.